The smallest absolute Gasteiger partial charge is 0.224 e. The van der Waals surface area contributed by atoms with Crippen molar-refractivity contribution in [2.24, 2.45) is 0 Å². The Morgan fingerprint density at radius 3 is 3.24 bits per heavy atom. The lowest BCUT2D eigenvalue weighted by molar-refractivity contribution is 0.0523. The van der Waals surface area contributed by atoms with Crippen LogP contribution in [0.2, 0.25) is 5.28 Å². The summed E-state index contributed by atoms with van der Waals surface area (Å²) in [6.07, 6.45) is 3.22. The third-order valence-corrected chi connectivity index (χ3v) is 2.96. The molecule has 1 fully saturated rings. The third kappa shape index (κ3) is 3.04. The lowest BCUT2D eigenvalue weighted by Gasteiger charge is -2.33. The van der Waals surface area contributed by atoms with E-state index < -0.39 is 5.82 Å². The highest BCUT2D eigenvalue weighted by Crippen LogP contribution is 2.22. The van der Waals surface area contributed by atoms with E-state index in [0.29, 0.717) is 13.2 Å². The Morgan fingerprint density at radius 1 is 1.65 bits per heavy atom. The average Bonchev–Trinajstić information content (AvgIpc) is 2.33. The summed E-state index contributed by atoms with van der Waals surface area (Å²) in [5.74, 6) is -0.166. The molecule has 1 saturated heterocycles. The number of nitrogens with zero attached hydrogens (tertiary/aromatic N) is 3. The maximum atomic E-state index is 13.6. The van der Waals surface area contributed by atoms with Crippen LogP contribution in [0, 0.1) is 5.82 Å². The molecular weight excluding hydrogens is 245 g/mol. The van der Waals surface area contributed by atoms with Crippen molar-refractivity contribution in [2.75, 3.05) is 24.6 Å². The molecule has 1 atom stereocenters. The van der Waals surface area contributed by atoms with Crippen LogP contribution in [0.15, 0.2) is 6.20 Å². The number of hydrogen-bond donors (Lipinski definition) is 0. The number of piperidine rings is 1. The van der Waals surface area contributed by atoms with E-state index in [1.807, 2.05) is 11.8 Å². The van der Waals surface area contributed by atoms with Gasteiger partial charge in [-0.15, -0.1) is 0 Å². The van der Waals surface area contributed by atoms with E-state index in [1.165, 1.54) is 0 Å². The standard InChI is InChI=1S/C11H15ClFN3O/c1-2-17-8-4-3-5-16(7-8)10-9(13)6-14-11(12)15-10/h6,8H,2-5,7H2,1H3. The van der Waals surface area contributed by atoms with E-state index in [1.54, 1.807) is 0 Å². The summed E-state index contributed by atoms with van der Waals surface area (Å²) in [6.45, 7) is 4.05. The fraction of sp³-hybridized carbons (Fsp3) is 0.636. The molecule has 0 aliphatic carbocycles. The van der Waals surface area contributed by atoms with Gasteiger partial charge in [0.2, 0.25) is 5.28 Å². The highest BCUT2D eigenvalue weighted by molar-refractivity contribution is 6.28. The van der Waals surface area contributed by atoms with Gasteiger partial charge in [-0.2, -0.15) is 4.98 Å². The summed E-state index contributed by atoms with van der Waals surface area (Å²) in [5.41, 5.74) is 0. The van der Waals surface area contributed by atoms with Crippen LogP contribution in [0.5, 0.6) is 0 Å². The summed E-state index contributed by atoms with van der Waals surface area (Å²) in [5, 5.41) is 0.0694. The first-order valence-corrected chi connectivity index (χ1v) is 6.13. The lowest BCUT2D eigenvalue weighted by Crippen LogP contribution is -2.40. The Hall–Kier alpha value is -0.940. The van der Waals surface area contributed by atoms with Gasteiger partial charge in [0.15, 0.2) is 11.6 Å². The summed E-state index contributed by atoms with van der Waals surface area (Å²) in [7, 11) is 0. The summed E-state index contributed by atoms with van der Waals surface area (Å²) in [4.78, 5) is 9.42. The summed E-state index contributed by atoms with van der Waals surface area (Å²) < 4.78 is 19.2. The van der Waals surface area contributed by atoms with Crippen LogP contribution < -0.4 is 4.90 Å². The number of anilines is 1. The van der Waals surface area contributed by atoms with Crippen LogP contribution in [0.4, 0.5) is 10.2 Å². The molecule has 0 saturated carbocycles. The summed E-state index contributed by atoms with van der Waals surface area (Å²) >= 11 is 5.69. The molecule has 0 amide bonds. The second kappa shape index (κ2) is 5.60. The molecule has 0 N–H and O–H groups in total. The van der Waals surface area contributed by atoms with Crippen molar-refractivity contribution < 1.29 is 9.13 Å². The fourth-order valence-corrected chi connectivity index (χ4v) is 2.19. The molecule has 2 rings (SSSR count). The first kappa shape index (κ1) is 12.5. The highest BCUT2D eigenvalue weighted by atomic mass is 35.5. The molecule has 1 aliphatic rings. The van der Waals surface area contributed by atoms with Crippen molar-refractivity contribution in [3.05, 3.63) is 17.3 Å². The Morgan fingerprint density at radius 2 is 2.47 bits per heavy atom. The maximum absolute atomic E-state index is 13.6. The van der Waals surface area contributed by atoms with Gasteiger partial charge in [-0.25, -0.2) is 9.37 Å². The fourth-order valence-electron chi connectivity index (χ4n) is 2.06. The second-order valence-corrected chi connectivity index (χ2v) is 4.31. The van der Waals surface area contributed by atoms with Crippen LogP contribution in [0.3, 0.4) is 0 Å². The van der Waals surface area contributed by atoms with Crippen LogP contribution in [0.25, 0.3) is 0 Å². The number of ether oxygens (including phenoxy) is 1. The Kier molecular flexibility index (Phi) is 4.12. The highest BCUT2D eigenvalue weighted by Gasteiger charge is 2.23. The van der Waals surface area contributed by atoms with Crippen LogP contribution in [-0.2, 0) is 4.74 Å². The average molecular weight is 260 g/mol. The van der Waals surface area contributed by atoms with E-state index in [9.17, 15) is 4.39 Å². The van der Waals surface area contributed by atoms with E-state index in [0.717, 1.165) is 25.6 Å². The van der Waals surface area contributed by atoms with Crippen molar-refractivity contribution in [3.63, 3.8) is 0 Å². The minimum Gasteiger partial charge on any atom is -0.377 e. The van der Waals surface area contributed by atoms with Gasteiger partial charge in [0.05, 0.1) is 12.3 Å². The predicted octanol–water partition coefficient (Wildman–Crippen LogP) is 2.27. The molecular formula is C11H15ClFN3O. The zero-order valence-electron chi connectivity index (χ0n) is 9.70. The molecule has 4 nitrogen and oxygen atoms in total. The van der Waals surface area contributed by atoms with Crippen molar-refractivity contribution in [1.82, 2.24) is 9.97 Å². The first-order valence-electron chi connectivity index (χ1n) is 5.75. The summed E-state index contributed by atoms with van der Waals surface area (Å²) in [6, 6.07) is 0. The number of rotatable bonds is 3. The Balaban J connectivity index is 2.13. The molecule has 6 heteroatoms. The molecule has 17 heavy (non-hydrogen) atoms. The molecule has 0 spiro atoms. The van der Waals surface area contributed by atoms with E-state index in [2.05, 4.69) is 9.97 Å². The van der Waals surface area contributed by atoms with Gasteiger partial charge in [-0.05, 0) is 31.4 Å². The zero-order chi connectivity index (χ0) is 12.3. The molecule has 1 unspecified atom stereocenters. The van der Waals surface area contributed by atoms with Crippen LogP contribution in [-0.4, -0.2) is 35.8 Å². The molecule has 0 bridgehead atoms. The number of hydrogen-bond acceptors (Lipinski definition) is 4. The van der Waals surface area contributed by atoms with Crippen molar-refractivity contribution >= 4 is 17.4 Å². The van der Waals surface area contributed by atoms with Crippen molar-refractivity contribution in [2.45, 2.75) is 25.9 Å². The topological polar surface area (TPSA) is 38.2 Å². The third-order valence-electron chi connectivity index (χ3n) is 2.78. The Bertz CT molecular complexity index is 389. The van der Waals surface area contributed by atoms with Gasteiger partial charge in [0.25, 0.3) is 0 Å². The quantitative estimate of drug-likeness (QED) is 0.781. The van der Waals surface area contributed by atoms with Crippen LogP contribution >= 0.6 is 11.6 Å². The monoisotopic (exact) mass is 259 g/mol. The second-order valence-electron chi connectivity index (χ2n) is 3.98. The van der Waals surface area contributed by atoms with Gasteiger partial charge >= 0.3 is 0 Å². The molecule has 1 aliphatic heterocycles. The predicted molar refractivity (Wildman–Crippen MR) is 63.9 cm³/mol. The minimum absolute atomic E-state index is 0.0694. The largest absolute Gasteiger partial charge is 0.377 e. The van der Waals surface area contributed by atoms with Crippen molar-refractivity contribution in [3.8, 4) is 0 Å². The molecule has 2 heterocycles. The normalized spacial score (nSPS) is 20.6. The zero-order valence-corrected chi connectivity index (χ0v) is 10.5. The van der Waals surface area contributed by atoms with Crippen molar-refractivity contribution in [1.29, 1.82) is 0 Å². The van der Waals surface area contributed by atoms with E-state index in [4.69, 9.17) is 16.3 Å². The minimum atomic E-state index is -0.438. The van der Waals surface area contributed by atoms with Gasteiger partial charge in [0.1, 0.15) is 0 Å². The van der Waals surface area contributed by atoms with E-state index in [-0.39, 0.29) is 17.2 Å². The van der Waals surface area contributed by atoms with Gasteiger partial charge < -0.3 is 9.64 Å². The lowest BCUT2D eigenvalue weighted by atomic mass is 10.1. The first-order chi connectivity index (χ1) is 8.20. The SMILES string of the molecule is CCOC1CCCN(c2nc(Cl)ncc2F)C1. The maximum Gasteiger partial charge on any atom is 0.224 e. The molecule has 0 radical (unpaired) electrons. The van der Waals surface area contributed by atoms with Gasteiger partial charge in [-0.1, -0.05) is 0 Å². The molecule has 1 aromatic rings. The Labute approximate surface area is 105 Å². The number of halogens is 2. The number of aromatic nitrogens is 2. The van der Waals surface area contributed by atoms with Gasteiger partial charge in [0, 0.05) is 19.7 Å². The molecule has 94 valence electrons. The molecule has 0 aromatic carbocycles. The molecule has 1 aromatic heterocycles. The van der Waals surface area contributed by atoms with Crippen LogP contribution in [0.1, 0.15) is 19.8 Å². The van der Waals surface area contributed by atoms with E-state index >= 15 is 0 Å². The van der Waals surface area contributed by atoms with Gasteiger partial charge in [-0.3, -0.25) is 0 Å².